The van der Waals surface area contributed by atoms with Crippen LogP contribution in [0.4, 0.5) is 5.13 Å². The third-order valence-electron chi connectivity index (χ3n) is 4.89. The highest BCUT2D eigenvalue weighted by Gasteiger charge is 2.31. The van der Waals surface area contributed by atoms with Crippen LogP contribution in [0.3, 0.4) is 0 Å². The fraction of sp³-hybridized carbons (Fsp3) is 0.143. The number of anilines is 1. The van der Waals surface area contributed by atoms with E-state index in [4.69, 9.17) is 4.98 Å². The van der Waals surface area contributed by atoms with Crippen LogP contribution in [0.2, 0.25) is 0 Å². The van der Waals surface area contributed by atoms with Crippen molar-refractivity contribution in [3.8, 4) is 11.1 Å². The van der Waals surface area contributed by atoms with Crippen LogP contribution in [0.25, 0.3) is 21.3 Å². The SMILES string of the molecule is O[C@@H]1Cc2ccccc2[C@H]1Nc1nc2ccc(-c3ccncc3)cc2s1. The third-order valence-corrected chi connectivity index (χ3v) is 5.83. The van der Waals surface area contributed by atoms with Crippen LogP contribution in [0.1, 0.15) is 17.2 Å². The van der Waals surface area contributed by atoms with Gasteiger partial charge in [-0.05, 0) is 46.5 Å². The predicted octanol–water partition coefficient (Wildman–Crippen LogP) is 4.43. The molecule has 26 heavy (non-hydrogen) atoms. The van der Waals surface area contributed by atoms with Gasteiger partial charge in [0.15, 0.2) is 5.13 Å². The van der Waals surface area contributed by atoms with Crippen molar-refractivity contribution in [2.45, 2.75) is 18.6 Å². The van der Waals surface area contributed by atoms with Gasteiger partial charge in [0.1, 0.15) is 0 Å². The van der Waals surface area contributed by atoms with Gasteiger partial charge >= 0.3 is 0 Å². The maximum Gasteiger partial charge on any atom is 0.184 e. The van der Waals surface area contributed by atoms with Crippen molar-refractivity contribution < 1.29 is 5.11 Å². The first kappa shape index (κ1) is 15.5. The number of nitrogens with one attached hydrogen (secondary N) is 1. The number of fused-ring (bicyclic) bond motifs is 2. The van der Waals surface area contributed by atoms with E-state index in [0.717, 1.165) is 32.0 Å². The smallest absolute Gasteiger partial charge is 0.184 e. The molecule has 0 saturated carbocycles. The lowest BCUT2D eigenvalue weighted by atomic mass is 10.1. The number of benzene rings is 2. The van der Waals surface area contributed by atoms with Gasteiger partial charge in [-0.25, -0.2) is 4.98 Å². The molecule has 1 aliphatic rings. The Hall–Kier alpha value is -2.76. The van der Waals surface area contributed by atoms with Gasteiger partial charge in [-0.2, -0.15) is 0 Å². The lowest BCUT2D eigenvalue weighted by Gasteiger charge is -2.16. The number of rotatable bonds is 3. The molecule has 2 atom stereocenters. The van der Waals surface area contributed by atoms with Crippen molar-refractivity contribution in [3.05, 3.63) is 78.1 Å². The highest BCUT2D eigenvalue weighted by molar-refractivity contribution is 7.22. The first-order valence-electron chi connectivity index (χ1n) is 8.61. The van der Waals surface area contributed by atoms with E-state index in [-0.39, 0.29) is 6.04 Å². The van der Waals surface area contributed by atoms with Crippen LogP contribution in [0.15, 0.2) is 67.0 Å². The summed E-state index contributed by atoms with van der Waals surface area (Å²) >= 11 is 1.62. The van der Waals surface area contributed by atoms with E-state index in [9.17, 15) is 5.11 Å². The molecule has 4 nitrogen and oxygen atoms in total. The average molecular weight is 359 g/mol. The summed E-state index contributed by atoms with van der Waals surface area (Å²) in [5.41, 5.74) is 5.64. The standard InChI is InChI=1S/C21H17N3OS/c25-18-11-15-3-1-2-4-16(15)20(18)24-21-23-17-6-5-14(12-19(17)26-21)13-7-9-22-10-8-13/h1-10,12,18,20,25H,11H2,(H,23,24)/t18-,20-/m1/s1. The summed E-state index contributed by atoms with van der Waals surface area (Å²) < 4.78 is 1.13. The zero-order chi connectivity index (χ0) is 17.5. The van der Waals surface area contributed by atoms with Crippen molar-refractivity contribution in [3.63, 3.8) is 0 Å². The molecule has 4 aromatic rings. The minimum absolute atomic E-state index is 0.105. The number of hydrogen-bond donors (Lipinski definition) is 2. The second kappa shape index (κ2) is 6.20. The molecule has 2 N–H and O–H groups in total. The van der Waals surface area contributed by atoms with Crippen molar-refractivity contribution in [2.75, 3.05) is 5.32 Å². The van der Waals surface area contributed by atoms with Crippen LogP contribution >= 0.6 is 11.3 Å². The maximum absolute atomic E-state index is 10.4. The molecule has 0 bridgehead atoms. The van der Waals surface area contributed by atoms with E-state index in [1.165, 1.54) is 5.56 Å². The average Bonchev–Trinajstić information content (AvgIpc) is 3.22. The molecular formula is C21H17N3OS. The molecule has 2 aromatic carbocycles. The molecular weight excluding hydrogens is 342 g/mol. The van der Waals surface area contributed by atoms with Crippen LogP contribution in [0, 0.1) is 0 Å². The number of nitrogens with zero attached hydrogens (tertiary/aromatic N) is 2. The maximum atomic E-state index is 10.4. The number of hydrogen-bond acceptors (Lipinski definition) is 5. The third kappa shape index (κ3) is 2.66. The van der Waals surface area contributed by atoms with Crippen molar-refractivity contribution >= 4 is 26.7 Å². The monoisotopic (exact) mass is 359 g/mol. The summed E-state index contributed by atoms with van der Waals surface area (Å²) in [6.45, 7) is 0. The Labute approximate surface area is 155 Å². The number of thiazole rings is 1. The van der Waals surface area contributed by atoms with Gasteiger partial charge in [0.2, 0.25) is 0 Å². The minimum Gasteiger partial charge on any atom is -0.390 e. The van der Waals surface area contributed by atoms with Crippen molar-refractivity contribution in [1.29, 1.82) is 0 Å². The number of aliphatic hydroxyl groups excluding tert-OH is 1. The molecule has 1 aliphatic carbocycles. The van der Waals surface area contributed by atoms with Crippen molar-refractivity contribution in [1.82, 2.24) is 9.97 Å². The van der Waals surface area contributed by atoms with Gasteiger partial charge in [0.25, 0.3) is 0 Å². The molecule has 0 amide bonds. The fourth-order valence-corrected chi connectivity index (χ4v) is 4.53. The molecule has 2 aromatic heterocycles. The zero-order valence-electron chi connectivity index (χ0n) is 14.0. The second-order valence-corrected chi connectivity index (χ2v) is 7.56. The molecule has 128 valence electrons. The second-order valence-electron chi connectivity index (χ2n) is 6.53. The molecule has 2 heterocycles. The van der Waals surface area contributed by atoms with E-state index in [2.05, 4.69) is 34.6 Å². The van der Waals surface area contributed by atoms with Gasteiger partial charge < -0.3 is 10.4 Å². The summed E-state index contributed by atoms with van der Waals surface area (Å²) in [6.07, 6.45) is 3.87. The topological polar surface area (TPSA) is 58.0 Å². The Kier molecular flexibility index (Phi) is 3.69. The first-order valence-corrected chi connectivity index (χ1v) is 9.43. The lowest BCUT2D eigenvalue weighted by molar-refractivity contribution is 0.166. The van der Waals surface area contributed by atoms with Crippen LogP contribution < -0.4 is 5.32 Å². The molecule has 0 radical (unpaired) electrons. The molecule has 5 heteroatoms. The quantitative estimate of drug-likeness (QED) is 0.568. The van der Waals surface area contributed by atoms with Crippen molar-refractivity contribution in [2.24, 2.45) is 0 Å². The summed E-state index contributed by atoms with van der Waals surface area (Å²) in [6, 6.07) is 18.4. The van der Waals surface area contributed by atoms with E-state index < -0.39 is 6.10 Å². The van der Waals surface area contributed by atoms with Crippen LogP contribution in [-0.2, 0) is 6.42 Å². The summed E-state index contributed by atoms with van der Waals surface area (Å²) in [4.78, 5) is 8.78. The van der Waals surface area contributed by atoms with E-state index >= 15 is 0 Å². The van der Waals surface area contributed by atoms with Gasteiger partial charge in [-0.15, -0.1) is 0 Å². The number of aromatic nitrogens is 2. The van der Waals surface area contributed by atoms with Gasteiger partial charge in [0, 0.05) is 18.8 Å². The summed E-state index contributed by atoms with van der Waals surface area (Å²) in [5.74, 6) is 0. The molecule has 0 fully saturated rings. The van der Waals surface area contributed by atoms with Crippen LogP contribution in [-0.4, -0.2) is 21.2 Å². The normalized spacial score (nSPS) is 18.8. The lowest BCUT2D eigenvalue weighted by Crippen LogP contribution is -2.20. The summed E-state index contributed by atoms with van der Waals surface area (Å²) in [5, 5.41) is 14.7. The largest absolute Gasteiger partial charge is 0.390 e. The highest BCUT2D eigenvalue weighted by atomic mass is 32.1. The zero-order valence-corrected chi connectivity index (χ0v) is 14.8. The van der Waals surface area contributed by atoms with E-state index in [1.807, 2.05) is 30.3 Å². The van der Waals surface area contributed by atoms with Crippen LogP contribution in [0.5, 0.6) is 0 Å². The molecule has 5 rings (SSSR count). The molecule has 0 aliphatic heterocycles. The Bertz CT molecular complexity index is 1080. The Morgan fingerprint density at radius 3 is 2.73 bits per heavy atom. The molecule has 0 spiro atoms. The highest BCUT2D eigenvalue weighted by Crippen LogP contribution is 2.37. The Morgan fingerprint density at radius 1 is 1.00 bits per heavy atom. The number of pyridine rings is 1. The summed E-state index contributed by atoms with van der Waals surface area (Å²) in [7, 11) is 0. The molecule has 0 saturated heterocycles. The Balaban J connectivity index is 1.47. The molecule has 0 unspecified atom stereocenters. The Morgan fingerprint density at radius 2 is 1.85 bits per heavy atom. The van der Waals surface area contributed by atoms with Gasteiger partial charge in [-0.1, -0.05) is 41.7 Å². The predicted molar refractivity (Wildman–Crippen MR) is 105 cm³/mol. The van der Waals surface area contributed by atoms with Gasteiger partial charge in [0.05, 0.1) is 22.4 Å². The fourth-order valence-electron chi connectivity index (χ4n) is 3.59. The number of aliphatic hydroxyl groups is 1. The minimum atomic E-state index is -0.424. The van der Waals surface area contributed by atoms with E-state index in [0.29, 0.717) is 6.42 Å². The van der Waals surface area contributed by atoms with E-state index in [1.54, 1.807) is 23.7 Å². The first-order chi connectivity index (χ1) is 12.8. The van der Waals surface area contributed by atoms with Gasteiger partial charge in [-0.3, -0.25) is 4.98 Å².